The summed E-state index contributed by atoms with van der Waals surface area (Å²) >= 11 is 0. The smallest absolute Gasteiger partial charge is 0.550 e. The van der Waals surface area contributed by atoms with Gasteiger partial charge < -0.3 is 14.6 Å². The zero-order valence-corrected chi connectivity index (χ0v) is 10.2. The molecule has 0 atom stereocenters. The molecule has 0 N–H and O–H groups in total. The first-order valence-corrected chi connectivity index (χ1v) is 4.02. The van der Waals surface area contributed by atoms with Crippen LogP contribution in [0, 0.1) is 0 Å². The number of carboxylic acid groups (broad SMARTS) is 1. The summed E-state index contributed by atoms with van der Waals surface area (Å²) in [6.45, 7) is 2.11. The van der Waals surface area contributed by atoms with E-state index >= 15 is 0 Å². The number of esters is 1. The fourth-order valence-electron chi connectivity index (χ4n) is 0.772. The van der Waals surface area contributed by atoms with Crippen LogP contribution >= 0.6 is 0 Å². The molecular formula is C8H13NaO4. The maximum absolute atomic E-state index is 10.7. The summed E-state index contributed by atoms with van der Waals surface area (Å²) in [7, 11) is 0. The number of rotatable bonds is 6. The van der Waals surface area contributed by atoms with Crippen molar-refractivity contribution in [1.29, 1.82) is 0 Å². The molecule has 0 rings (SSSR count). The molecule has 0 spiro atoms. The van der Waals surface area contributed by atoms with E-state index in [1.807, 2.05) is 0 Å². The van der Waals surface area contributed by atoms with Crippen molar-refractivity contribution in [3.05, 3.63) is 0 Å². The van der Waals surface area contributed by atoms with E-state index in [0.717, 1.165) is 0 Å². The quantitative estimate of drug-likeness (QED) is 0.256. The number of hydrogen-bond acceptors (Lipinski definition) is 4. The summed E-state index contributed by atoms with van der Waals surface area (Å²) in [5.74, 6) is -1.34. The number of carbonyl (C=O) groups excluding carboxylic acids is 2. The molecule has 0 saturated carbocycles. The minimum absolute atomic E-state index is 0. The minimum atomic E-state index is -1.07. The van der Waals surface area contributed by atoms with Crippen LogP contribution in [0.4, 0.5) is 0 Å². The Bertz CT molecular complexity index is 158. The molecule has 0 heterocycles. The summed E-state index contributed by atoms with van der Waals surface area (Å²) in [6.07, 6.45) is 1.33. The number of carbonyl (C=O) groups is 2. The number of aliphatic carboxylic acids is 1. The minimum Gasteiger partial charge on any atom is -0.550 e. The third-order valence-corrected chi connectivity index (χ3v) is 1.32. The molecule has 0 aliphatic carbocycles. The van der Waals surface area contributed by atoms with Gasteiger partial charge in [-0.25, -0.2) is 0 Å². The van der Waals surface area contributed by atoms with Gasteiger partial charge in [0.05, 0.1) is 6.61 Å². The SMILES string of the molecule is CCOC(=O)CCCCC(=O)[O-].[Na+]. The summed E-state index contributed by atoms with van der Waals surface area (Å²) < 4.78 is 4.65. The standard InChI is InChI=1S/C8H14O4.Na/c1-2-12-8(11)6-4-3-5-7(9)10;/h2-6H2,1H3,(H,9,10);/q;+1/p-1. The molecule has 0 aromatic carbocycles. The maximum atomic E-state index is 10.7. The molecule has 0 aromatic rings. The van der Waals surface area contributed by atoms with Gasteiger partial charge in [0, 0.05) is 12.4 Å². The Labute approximate surface area is 99.9 Å². The number of carboxylic acids is 1. The predicted octanol–water partition coefficient (Wildman–Crippen LogP) is -3.14. The zero-order valence-electron chi connectivity index (χ0n) is 8.17. The van der Waals surface area contributed by atoms with E-state index in [1.54, 1.807) is 6.92 Å². The van der Waals surface area contributed by atoms with Gasteiger partial charge in [0.25, 0.3) is 0 Å². The monoisotopic (exact) mass is 196 g/mol. The predicted molar refractivity (Wildman–Crippen MR) is 40.1 cm³/mol. The van der Waals surface area contributed by atoms with Crippen molar-refractivity contribution in [2.45, 2.75) is 32.6 Å². The summed E-state index contributed by atoms with van der Waals surface area (Å²) in [5.41, 5.74) is 0. The van der Waals surface area contributed by atoms with E-state index in [4.69, 9.17) is 0 Å². The van der Waals surface area contributed by atoms with Crippen molar-refractivity contribution >= 4 is 11.9 Å². The second-order valence-electron chi connectivity index (χ2n) is 2.38. The third-order valence-electron chi connectivity index (χ3n) is 1.32. The Morgan fingerprint density at radius 1 is 1.23 bits per heavy atom. The molecule has 70 valence electrons. The van der Waals surface area contributed by atoms with E-state index in [0.29, 0.717) is 25.9 Å². The third kappa shape index (κ3) is 11.9. The zero-order chi connectivity index (χ0) is 9.40. The number of hydrogen-bond donors (Lipinski definition) is 0. The number of ether oxygens (including phenoxy) is 1. The first kappa shape index (κ1) is 15.4. The molecule has 4 nitrogen and oxygen atoms in total. The molecular weight excluding hydrogens is 183 g/mol. The van der Waals surface area contributed by atoms with Crippen LogP contribution < -0.4 is 34.7 Å². The van der Waals surface area contributed by atoms with Crippen LogP contribution in [-0.4, -0.2) is 18.5 Å². The van der Waals surface area contributed by atoms with Gasteiger partial charge >= 0.3 is 35.5 Å². The Hall–Kier alpha value is -0.0600. The summed E-state index contributed by atoms with van der Waals surface area (Å²) in [5, 5.41) is 9.94. The molecule has 0 amide bonds. The molecule has 0 saturated heterocycles. The fraction of sp³-hybridized carbons (Fsp3) is 0.750. The van der Waals surface area contributed by atoms with Crippen molar-refractivity contribution in [1.82, 2.24) is 0 Å². The first-order chi connectivity index (χ1) is 5.66. The molecule has 0 aliphatic rings. The Kier molecular flexibility index (Phi) is 11.9. The van der Waals surface area contributed by atoms with E-state index < -0.39 is 5.97 Å². The van der Waals surface area contributed by atoms with E-state index in [2.05, 4.69) is 4.74 Å². The second-order valence-corrected chi connectivity index (χ2v) is 2.38. The van der Waals surface area contributed by atoms with Gasteiger partial charge in [0.15, 0.2) is 0 Å². The van der Waals surface area contributed by atoms with Gasteiger partial charge in [0.1, 0.15) is 0 Å². The van der Waals surface area contributed by atoms with Crippen LogP contribution in [0.25, 0.3) is 0 Å². The van der Waals surface area contributed by atoms with E-state index in [-0.39, 0.29) is 41.9 Å². The molecule has 0 aliphatic heterocycles. The van der Waals surface area contributed by atoms with Crippen LogP contribution in [0.5, 0.6) is 0 Å². The molecule has 0 unspecified atom stereocenters. The summed E-state index contributed by atoms with van der Waals surface area (Å²) in [4.78, 5) is 20.6. The van der Waals surface area contributed by atoms with Gasteiger partial charge in [-0.3, -0.25) is 4.79 Å². The van der Waals surface area contributed by atoms with Gasteiger partial charge in [-0.05, 0) is 26.2 Å². The molecule has 0 aromatic heterocycles. The molecule has 0 bridgehead atoms. The van der Waals surface area contributed by atoms with Crippen LogP contribution in [-0.2, 0) is 14.3 Å². The Morgan fingerprint density at radius 2 is 1.77 bits per heavy atom. The van der Waals surface area contributed by atoms with E-state index in [1.165, 1.54) is 0 Å². The van der Waals surface area contributed by atoms with Gasteiger partial charge in [-0.2, -0.15) is 0 Å². The molecule has 0 radical (unpaired) electrons. The van der Waals surface area contributed by atoms with Crippen molar-refractivity contribution < 1.29 is 49.0 Å². The fourth-order valence-corrected chi connectivity index (χ4v) is 0.772. The van der Waals surface area contributed by atoms with Crippen LogP contribution in [0.3, 0.4) is 0 Å². The number of unbranched alkanes of at least 4 members (excludes halogenated alkanes) is 1. The van der Waals surface area contributed by atoms with Crippen LogP contribution in [0.2, 0.25) is 0 Å². The topological polar surface area (TPSA) is 66.4 Å². The molecule has 5 heteroatoms. The molecule has 0 fully saturated rings. The van der Waals surface area contributed by atoms with Crippen molar-refractivity contribution in [2.75, 3.05) is 6.61 Å². The Balaban J connectivity index is 0. The maximum Gasteiger partial charge on any atom is 1.00 e. The van der Waals surface area contributed by atoms with Crippen LogP contribution in [0.15, 0.2) is 0 Å². The van der Waals surface area contributed by atoms with Gasteiger partial charge in [0.2, 0.25) is 0 Å². The van der Waals surface area contributed by atoms with Crippen molar-refractivity contribution in [3.8, 4) is 0 Å². The normalized spacial score (nSPS) is 8.69. The largest absolute Gasteiger partial charge is 1.00 e. The molecule has 13 heavy (non-hydrogen) atoms. The van der Waals surface area contributed by atoms with Gasteiger partial charge in [-0.1, -0.05) is 0 Å². The van der Waals surface area contributed by atoms with Crippen LogP contribution in [0.1, 0.15) is 32.6 Å². The van der Waals surface area contributed by atoms with E-state index in [9.17, 15) is 14.7 Å². The second kappa shape index (κ2) is 10.0. The van der Waals surface area contributed by atoms with Crippen molar-refractivity contribution in [2.24, 2.45) is 0 Å². The average Bonchev–Trinajstić information content (AvgIpc) is 1.98. The average molecular weight is 196 g/mol. The van der Waals surface area contributed by atoms with Gasteiger partial charge in [-0.15, -0.1) is 0 Å². The first-order valence-electron chi connectivity index (χ1n) is 4.02. The Morgan fingerprint density at radius 3 is 2.23 bits per heavy atom. The van der Waals surface area contributed by atoms with Crippen molar-refractivity contribution in [3.63, 3.8) is 0 Å². The summed E-state index contributed by atoms with van der Waals surface area (Å²) in [6, 6.07) is 0.